The van der Waals surface area contributed by atoms with E-state index in [-0.39, 0.29) is 0 Å². The summed E-state index contributed by atoms with van der Waals surface area (Å²) in [5.41, 5.74) is 3.72. The summed E-state index contributed by atoms with van der Waals surface area (Å²) in [4.78, 5) is 4.27. The van der Waals surface area contributed by atoms with Gasteiger partial charge in [0, 0.05) is 11.8 Å². The number of aromatic nitrogens is 1. The van der Waals surface area contributed by atoms with Crippen LogP contribution in [0.15, 0.2) is 42.6 Å². The Morgan fingerprint density at radius 3 is 2.71 bits per heavy atom. The molecule has 0 saturated heterocycles. The van der Waals surface area contributed by atoms with Gasteiger partial charge in [-0.25, -0.2) is 4.98 Å². The van der Waals surface area contributed by atoms with Gasteiger partial charge in [0.1, 0.15) is 3.70 Å². The summed E-state index contributed by atoms with van der Waals surface area (Å²) in [5, 5.41) is 0. The van der Waals surface area contributed by atoms with E-state index in [4.69, 9.17) is 0 Å². The van der Waals surface area contributed by atoms with Crippen LogP contribution < -0.4 is 0 Å². The average molecular weight is 295 g/mol. The van der Waals surface area contributed by atoms with Crippen LogP contribution >= 0.6 is 22.6 Å². The Labute approximate surface area is 97.3 Å². The molecule has 0 N–H and O–H groups in total. The highest BCUT2D eigenvalue weighted by Gasteiger charge is 2.02. The van der Waals surface area contributed by atoms with Crippen molar-refractivity contribution >= 4 is 22.6 Å². The van der Waals surface area contributed by atoms with Crippen molar-refractivity contribution < 1.29 is 0 Å². The maximum absolute atomic E-state index is 4.27. The third-order valence-electron chi connectivity index (χ3n) is 2.09. The van der Waals surface area contributed by atoms with Crippen LogP contribution in [0.5, 0.6) is 0 Å². The van der Waals surface area contributed by atoms with Crippen molar-refractivity contribution in [2.24, 2.45) is 0 Å². The summed E-state index contributed by atoms with van der Waals surface area (Å²) in [6.07, 6.45) is 1.82. The lowest BCUT2D eigenvalue weighted by Crippen LogP contribution is -1.86. The van der Waals surface area contributed by atoms with Gasteiger partial charge in [0.05, 0.1) is 0 Å². The molecule has 0 saturated carbocycles. The Bertz CT molecular complexity index is 452. The zero-order chi connectivity index (χ0) is 9.97. The molecule has 0 atom stereocenters. The van der Waals surface area contributed by atoms with E-state index in [2.05, 4.69) is 64.8 Å². The molecule has 2 aromatic rings. The van der Waals surface area contributed by atoms with E-state index in [0.29, 0.717) is 0 Å². The van der Waals surface area contributed by atoms with E-state index in [9.17, 15) is 0 Å². The lowest BCUT2D eigenvalue weighted by atomic mass is 10.1. The maximum atomic E-state index is 4.27. The van der Waals surface area contributed by atoms with Gasteiger partial charge in [0.15, 0.2) is 0 Å². The number of benzene rings is 1. The number of hydrogen-bond donors (Lipinski definition) is 0. The van der Waals surface area contributed by atoms with Crippen molar-refractivity contribution in [3.63, 3.8) is 0 Å². The standard InChI is InChI=1S/C12H10IN/c1-9-4-2-5-10(8-9)11-6-3-7-14-12(11)13/h2-8H,1H3. The van der Waals surface area contributed by atoms with Crippen molar-refractivity contribution in [3.8, 4) is 11.1 Å². The van der Waals surface area contributed by atoms with Crippen LogP contribution in [0, 0.1) is 10.6 Å². The van der Waals surface area contributed by atoms with E-state index in [1.807, 2.05) is 12.3 Å². The third kappa shape index (κ3) is 1.95. The molecule has 0 aliphatic carbocycles. The fourth-order valence-corrected chi connectivity index (χ4v) is 2.07. The summed E-state index contributed by atoms with van der Waals surface area (Å²) < 4.78 is 1.05. The molecule has 0 unspecified atom stereocenters. The van der Waals surface area contributed by atoms with Crippen LogP contribution in [0.2, 0.25) is 0 Å². The number of pyridine rings is 1. The van der Waals surface area contributed by atoms with Crippen LogP contribution in [0.4, 0.5) is 0 Å². The molecule has 1 aromatic heterocycles. The monoisotopic (exact) mass is 295 g/mol. The predicted octanol–water partition coefficient (Wildman–Crippen LogP) is 3.66. The molecule has 70 valence electrons. The molecule has 0 aliphatic rings. The molecule has 14 heavy (non-hydrogen) atoms. The first-order valence-electron chi connectivity index (χ1n) is 4.45. The minimum atomic E-state index is 1.05. The molecule has 0 fully saturated rings. The molecule has 1 nitrogen and oxygen atoms in total. The topological polar surface area (TPSA) is 12.9 Å². The van der Waals surface area contributed by atoms with Gasteiger partial charge >= 0.3 is 0 Å². The number of halogens is 1. The van der Waals surface area contributed by atoms with Gasteiger partial charge in [0.25, 0.3) is 0 Å². The lowest BCUT2D eigenvalue weighted by molar-refractivity contribution is 1.27. The van der Waals surface area contributed by atoms with Crippen molar-refractivity contribution in [3.05, 3.63) is 51.9 Å². The van der Waals surface area contributed by atoms with Crippen molar-refractivity contribution in [2.45, 2.75) is 6.92 Å². The second-order valence-electron chi connectivity index (χ2n) is 3.21. The SMILES string of the molecule is Cc1cccc(-c2cccnc2I)c1. The largest absolute Gasteiger partial charge is 0.250 e. The minimum absolute atomic E-state index is 1.05. The Kier molecular flexibility index (Phi) is 2.82. The summed E-state index contributed by atoms with van der Waals surface area (Å²) >= 11 is 2.26. The van der Waals surface area contributed by atoms with E-state index in [0.717, 1.165) is 3.70 Å². The first-order valence-corrected chi connectivity index (χ1v) is 5.53. The van der Waals surface area contributed by atoms with E-state index >= 15 is 0 Å². The second kappa shape index (κ2) is 4.09. The van der Waals surface area contributed by atoms with Crippen LogP contribution in [-0.2, 0) is 0 Å². The molecule has 2 heteroatoms. The van der Waals surface area contributed by atoms with E-state index < -0.39 is 0 Å². The Morgan fingerprint density at radius 1 is 1.14 bits per heavy atom. The van der Waals surface area contributed by atoms with Gasteiger partial charge in [0.2, 0.25) is 0 Å². The van der Waals surface area contributed by atoms with Crippen LogP contribution in [0.1, 0.15) is 5.56 Å². The van der Waals surface area contributed by atoms with E-state index in [1.165, 1.54) is 16.7 Å². The summed E-state index contributed by atoms with van der Waals surface area (Å²) in [7, 11) is 0. The predicted molar refractivity (Wildman–Crippen MR) is 67.1 cm³/mol. The molecule has 1 aromatic carbocycles. The highest BCUT2D eigenvalue weighted by atomic mass is 127. The number of rotatable bonds is 1. The highest BCUT2D eigenvalue weighted by molar-refractivity contribution is 14.1. The quantitative estimate of drug-likeness (QED) is 0.578. The molecule has 0 radical (unpaired) electrons. The minimum Gasteiger partial charge on any atom is -0.250 e. The average Bonchev–Trinajstić information content (AvgIpc) is 2.18. The van der Waals surface area contributed by atoms with Gasteiger partial charge in [-0.15, -0.1) is 0 Å². The van der Waals surface area contributed by atoms with Crippen LogP contribution in [0.3, 0.4) is 0 Å². The van der Waals surface area contributed by atoms with Crippen molar-refractivity contribution in [2.75, 3.05) is 0 Å². The lowest BCUT2D eigenvalue weighted by Gasteiger charge is -2.03. The van der Waals surface area contributed by atoms with Gasteiger partial charge in [-0.1, -0.05) is 35.9 Å². The van der Waals surface area contributed by atoms with Gasteiger partial charge in [-0.3, -0.25) is 0 Å². The number of nitrogens with zero attached hydrogens (tertiary/aromatic N) is 1. The van der Waals surface area contributed by atoms with E-state index in [1.54, 1.807) is 0 Å². The smallest absolute Gasteiger partial charge is 0.109 e. The molecule has 0 bridgehead atoms. The molecule has 0 spiro atoms. The highest BCUT2D eigenvalue weighted by Crippen LogP contribution is 2.23. The molecular weight excluding hydrogens is 285 g/mol. The van der Waals surface area contributed by atoms with Gasteiger partial charge < -0.3 is 0 Å². The van der Waals surface area contributed by atoms with Crippen LogP contribution in [0.25, 0.3) is 11.1 Å². The first kappa shape index (κ1) is 9.65. The third-order valence-corrected chi connectivity index (χ3v) is 2.95. The van der Waals surface area contributed by atoms with Crippen molar-refractivity contribution in [1.82, 2.24) is 4.98 Å². The summed E-state index contributed by atoms with van der Waals surface area (Å²) in [6, 6.07) is 12.6. The fraction of sp³-hybridized carbons (Fsp3) is 0.0833. The normalized spacial score (nSPS) is 10.1. The Hall–Kier alpha value is -0.900. The number of hydrogen-bond acceptors (Lipinski definition) is 1. The summed E-state index contributed by atoms with van der Waals surface area (Å²) in [6.45, 7) is 2.10. The molecule has 2 rings (SSSR count). The molecule has 0 aliphatic heterocycles. The van der Waals surface area contributed by atoms with Gasteiger partial charge in [-0.2, -0.15) is 0 Å². The summed E-state index contributed by atoms with van der Waals surface area (Å²) in [5.74, 6) is 0. The second-order valence-corrected chi connectivity index (χ2v) is 4.23. The maximum Gasteiger partial charge on any atom is 0.109 e. The number of aryl methyl sites for hydroxylation is 1. The molecule has 1 heterocycles. The van der Waals surface area contributed by atoms with Crippen molar-refractivity contribution in [1.29, 1.82) is 0 Å². The van der Waals surface area contributed by atoms with Crippen LogP contribution in [-0.4, -0.2) is 4.98 Å². The first-order chi connectivity index (χ1) is 6.77. The zero-order valence-electron chi connectivity index (χ0n) is 7.87. The fourth-order valence-electron chi connectivity index (χ4n) is 1.41. The molecule has 0 amide bonds. The Balaban J connectivity index is 2.55. The zero-order valence-corrected chi connectivity index (χ0v) is 10.0. The Morgan fingerprint density at radius 2 is 2.00 bits per heavy atom. The molecular formula is C12H10IN. The van der Waals surface area contributed by atoms with Gasteiger partial charge in [-0.05, 0) is 41.1 Å².